The van der Waals surface area contributed by atoms with Crippen LogP contribution in [-0.2, 0) is 20.7 Å². The van der Waals surface area contributed by atoms with E-state index in [1.165, 1.54) is 12.0 Å². The summed E-state index contributed by atoms with van der Waals surface area (Å²) in [5.41, 5.74) is 3.46. The number of hydrogen-bond acceptors (Lipinski definition) is 4. The van der Waals surface area contributed by atoms with Gasteiger partial charge in [0.15, 0.2) is 0 Å². The lowest BCUT2D eigenvalue weighted by Crippen LogP contribution is -2.39. The second-order valence-electron chi connectivity index (χ2n) is 4.67. The molecule has 20 heavy (non-hydrogen) atoms. The highest BCUT2D eigenvalue weighted by molar-refractivity contribution is 5.82. The summed E-state index contributed by atoms with van der Waals surface area (Å²) in [4.78, 5) is 24.2. The molecule has 0 spiro atoms. The molecule has 5 nitrogen and oxygen atoms in total. The van der Waals surface area contributed by atoms with Crippen LogP contribution in [-0.4, -0.2) is 48.7 Å². The molecule has 0 fully saturated rings. The first kappa shape index (κ1) is 16.2. The zero-order valence-corrected chi connectivity index (χ0v) is 12.2. The number of hydrogen-bond donors (Lipinski definition) is 1. The molecular formula is C15H21NO4. The van der Waals surface area contributed by atoms with E-state index in [0.29, 0.717) is 13.0 Å². The summed E-state index contributed by atoms with van der Waals surface area (Å²) < 4.78 is 4.56. The highest BCUT2D eigenvalue weighted by Crippen LogP contribution is 2.14. The van der Waals surface area contributed by atoms with Crippen LogP contribution in [0.25, 0.3) is 0 Å². The molecule has 1 aromatic rings. The number of esters is 1. The van der Waals surface area contributed by atoms with E-state index in [9.17, 15) is 9.59 Å². The van der Waals surface area contributed by atoms with E-state index >= 15 is 0 Å². The molecule has 110 valence electrons. The van der Waals surface area contributed by atoms with Gasteiger partial charge in [-0.25, -0.2) is 0 Å². The molecule has 0 saturated carbocycles. The van der Waals surface area contributed by atoms with E-state index in [0.717, 1.165) is 16.7 Å². The van der Waals surface area contributed by atoms with Crippen LogP contribution in [0.1, 0.15) is 16.7 Å². The number of aliphatic hydroxyl groups is 1. The van der Waals surface area contributed by atoms with E-state index in [4.69, 9.17) is 5.11 Å². The van der Waals surface area contributed by atoms with Crippen molar-refractivity contribution in [3.8, 4) is 0 Å². The molecule has 0 radical (unpaired) electrons. The van der Waals surface area contributed by atoms with Crippen LogP contribution in [0, 0.1) is 13.8 Å². The van der Waals surface area contributed by atoms with Gasteiger partial charge in [-0.05, 0) is 37.0 Å². The Morgan fingerprint density at radius 1 is 1.25 bits per heavy atom. The molecule has 1 amide bonds. The molecule has 1 N–H and O–H groups in total. The van der Waals surface area contributed by atoms with Crippen molar-refractivity contribution in [3.63, 3.8) is 0 Å². The molecule has 0 unspecified atom stereocenters. The number of carbonyl (C=O) groups is 2. The minimum absolute atomic E-state index is 0.138. The van der Waals surface area contributed by atoms with Crippen LogP contribution >= 0.6 is 0 Å². The Morgan fingerprint density at radius 3 is 2.35 bits per heavy atom. The minimum atomic E-state index is -0.607. The van der Waals surface area contributed by atoms with Crippen molar-refractivity contribution in [1.29, 1.82) is 0 Å². The highest BCUT2D eigenvalue weighted by Gasteiger charge is 2.17. The summed E-state index contributed by atoms with van der Waals surface area (Å²) in [6, 6.07) is 6.01. The van der Waals surface area contributed by atoms with Crippen LogP contribution in [0.2, 0.25) is 0 Å². The number of nitrogens with zero attached hydrogens (tertiary/aromatic N) is 1. The molecule has 0 bridgehead atoms. The van der Waals surface area contributed by atoms with E-state index in [-0.39, 0.29) is 6.54 Å². The molecule has 1 rings (SSSR count). The van der Waals surface area contributed by atoms with Crippen LogP contribution in [0.5, 0.6) is 0 Å². The quantitative estimate of drug-likeness (QED) is 0.784. The molecule has 0 heterocycles. The maximum absolute atomic E-state index is 11.6. The summed E-state index contributed by atoms with van der Waals surface area (Å²) >= 11 is 0. The third-order valence-corrected chi connectivity index (χ3v) is 3.31. The second-order valence-corrected chi connectivity index (χ2v) is 4.67. The summed E-state index contributed by atoms with van der Waals surface area (Å²) in [7, 11) is 1.27. The average Bonchev–Trinajstić information content (AvgIpc) is 2.44. The van der Waals surface area contributed by atoms with Gasteiger partial charge in [0.1, 0.15) is 13.2 Å². The summed E-state index contributed by atoms with van der Waals surface area (Å²) in [6.07, 6.45) is 0.640. The van der Waals surface area contributed by atoms with Crippen molar-refractivity contribution in [2.75, 3.05) is 26.8 Å². The van der Waals surface area contributed by atoms with Gasteiger partial charge in [-0.15, -0.1) is 0 Å². The molecule has 5 heteroatoms. The number of aryl methyl sites for hydroxylation is 2. The van der Waals surface area contributed by atoms with Gasteiger partial charge in [-0.1, -0.05) is 18.2 Å². The number of methoxy groups -OCH3 is 1. The van der Waals surface area contributed by atoms with Crippen LogP contribution in [0.15, 0.2) is 18.2 Å². The SMILES string of the molecule is COC(=O)CN(CCc1c(C)cccc1C)C(=O)CO. The first-order valence-corrected chi connectivity index (χ1v) is 6.50. The number of ether oxygens (including phenoxy) is 1. The van der Waals surface area contributed by atoms with Crippen LogP contribution in [0.3, 0.4) is 0 Å². The van der Waals surface area contributed by atoms with Crippen molar-refractivity contribution in [3.05, 3.63) is 34.9 Å². The number of benzene rings is 1. The average molecular weight is 279 g/mol. The topological polar surface area (TPSA) is 66.8 Å². The lowest BCUT2D eigenvalue weighted by Gasteiger charge is -2.21. The van der Waals surface area contributed by atoms with Crippen molar-refractivity contribution < 1.29 is 19.4 Å². The first-order chi connectivity index (χ1) is 9.49. The van der Waals surface area contributed by atoms with Gasteiger partial charge < -0.3 is 14.7 Å². The molecule has 0 saturated heterocycles. The van der Waals surface area contributed by atoms with Gasteiger partial charge in [0.2, 0.25) is 5.91 Å². The molecular weight excluding hydrogens is 258 g/mol. The molecule has 1 aromatic carbocycles. The Hall–Kier alpha value is -1.88. The van der Waals surface area contributed by atoms with Gasteiger partial charge in [0.25, 0.3) is 0 Å². The third-order valence-electron chi connectivity index (χ3n) is 3.31. The lowest BCUT2D eigenvalue weighted by atomic mass is 10.00. The third kappa shape index (κ3) is 4.35. The maximum atomic E-state index is 11.6. The molecule has 0 atom stereocenters. The standard InChI is InChI=1S/C15H21NO4/c1-11-5-4-6-12(2)13(11)7-8-16(14(18)10-17)9-15(19)20-3/h4-6,17H,7-10H2,1-3H3. The fourth-order valence-electron chi connectivity index (χ4n) is 2.10. The first-order valence-electron chi connectivity index (χ1n) is 6.50. The summed E-state index contributed by atoms with van der Waals surface area (Å²) in [5.74, 6) is -0.963. The second kappa shape index (κ2) is 7.65. The number of aliphatic hydroxyl groups excluding tert-OH is 1. The van der Waals surface area contributed by atoms with Crippen molar-refractivity contribution >= 4 is 11.9 Å². The fraction of sp³-hybridized carbons (Fsp3) is 0.467. The Balaban J connectivity index is 2.75. The fourth-order valence-corrected chi connectivity index (χ4v) is 2.10. The van der Waals surface area contributed by atoms with E-state index < -0.39 is 18.5 Å². The largest absolute Gasteiger partial charge is 0.468 e. The molecule has 0 aliphatic rings. The number of rotatable bonds is 6. The zero-order chi connectivity index (χ0) is 15.1. The summed E-state index contributed by atoms with van der Waals surface area (Å²) in [6.45, 7) is 3.66. The van der Waals surface area contributed by atoms with Crippen molar-refractivity contribution in [2.45, 2.75) is 20.3 Å². The van der Waals surface area contributed by atoms with Gasteiger partial charge in [-0.2, -0.15) is 0 Å². The molecule has 0 aliphatic heterocycles. The zero-order valence-electron chi connectivity index (χ0n) is 12.2. The van der Waals surface area contributed by atoms with E-state index in [1.54, 1.807) is 0 Å². The maximum Gasteiger partial charge on any atom is 0.325 e. The van der Waals surface area contributed by atoms with Gasteiger partial charge in [0, 0.05) is 6.54 Å². The van der Waals surface area contributed by atoms with Gasteiger partial charge >= 0.3 is 5.97 Å². The smallest absolute Gasteiger partial charge is 0.325 e. The van der Waals surface area contributed by atoms with Crippen molar-refractivity contribution in [2.24, 2.45) is 0 Å². The van der Waals surface area contributed by atoms with Crippen LogP contribution < -0.4 is 0 Å². The highest BCUT2D eigenvalue weighted by atomic mass is 16.5. The predicted octanol–water partition coefficient (Wildman–Crippen LogP) is 0.840. The number of carbonyl (C=O) groups excluding carboxylic acids is 2. The van der Waals surface area contributed by atoms with E-state index in [1.807, 2.05) is 32.0 Å². The van der Waals surface area contributed by atoms with Crippen molar-refractivity contribution in [1.82, 2.24) is 4.90 Å². The van der Waals surface area contributed by atoms with Crippen LogP contribution in [0.4, 0.5) is 0 Å². The summed E-state index contributed by atoms with van der Waals surface area (Å²) in [5, 5.41) is 8.95. The monoisotopic (exact) mass is 279 g/mol. The number of amides is 1. The molecule has 0 aromatic heterocycles. The Morgan fingerprint density at radius 2 is 1.85 bits per heavy atom. The Kier molecular flexibility index (Phi) is 6.18. The Bertz CT molecular complexity index is 465. The normalized spacial score (nSPS) is 10.2. The Labute approximate surface area is 119 Å². The lowest BCUT2D eigenvalue weighted by molar-refractivity contribution is -0.147. The van der Waals surface area contributed by atoms with Gasteiger partial charge in [-0.3, -0.25) is 9.59 Å². The minimum Gasteiger partial charge on any atom is -0.468 e. The molecule has 0 aliphatic carbocycles. The predicted molar refractivity (Wildman–Crippen MR) is 75.3 cm³/mol. The van der Waals surface area contributed by atoms with E-state index in [2.05, 4.69) is 4.74 Å². The van der Waals surface area contributed by atoms with Gasteiger partial charge in [0.05, 0.1) is 7.11 Å².